The zero-order chi connectivity index (χ0) is 20.5. The molecule has 0 saturated carbocycles. The van der Waals surface area contributed by atoms with Crippen LogP contribution < -0.4 is 0 Å². The topological polar surface area (TPSA) is 0 Å². The molecular weight excluding hydrogens is 439 g/mol. The molecule has 2 bridgehead atoms. The third-order valence-electron chi connectivity index (χ3n) is 7.08. The van der Waals surface area contributed by atoms with Crippen molar-refractivity contribution in [1.82, 2.24) is 0 Å². The molecule has 0 N–H and O–H groups in total. The van der Waals surface area contributed by atoms with E-state index >= 15 is 0 Å². The van der Waals surface area contributed by atoms with Crippen LogP contribution in [-0.4, -0.2) is 15.0 Å². The third kappa shape index (κ3) is 2.11. The molecule has 1 heterocycles. The van der Waals surface area contributed by atoms with E-state index in [-0.39, 0.29) is 24.7 Å². The number of benzene rings is 4. The van der Waals surface area contributed by atoms with Crippen LogP contribution in [0.2, 0.25) is 0 Å². The summed E-state index contributed by atoms with van der Waals surface area (Å²) in [4.78, 5) is 0. The maximum atomic E-state index is 2.59. The van der Waals surface area contributed by atoms with Crippen LogP contribution in [-0.2, 0) is 9.73 Å². The second-order valence-corrected chi connectivity index (χ2v) is 11.2. The van der Waals surface area contributed by atoms with Gasteiger partial charge in [0.05, 0.1) is 0 Å². The summed E-state index contributed by atoms with van der Waals surface area (Å²) in [7, 11) is 0. The summed E-state index contributed by atoms with van der Waals surface area (Å²) in [5.74, 6) is 0. The van der Waals surface area contributed by atoms with Crippen molar-refractivity contribution in [3.8, 4) is 0 Å². The maximum absolute atomic E-state index is 2.59. The van der Waals surface area contributed by atoms with Gasteiger partial charge in [-0.2, -0.15) is 0 Å². The average Bonchev–Trinajstić information content (AvgIpc) is 3.26. The number of allylic oxidation sites excluding steroid dienone is 3. The van der Waals surface area contributed by atoms with Crippen molar-refractivity contribution in [3.63, 3.8) is 0 Å². The van der Waals surface area contributed by atoms with Gasteiger partial charge in [0.15, 0.2) is 0 Å². The first-order valence-corrected chi connectivity index (χ1v) is 12.5. The van der Waals surface area contributed by atoms with Crippen LogP contribution in [0.15, 0.2) is 127 Å². The molecule has 0 aromatic heterocycles. The molecule has 4 aromatic carbocycles. The monoisotopic (exact) mass is 460 g/mol. The molecule has 1 aliphatic heterocycles. The summed E-state index contributed by atoms with van der Waals surface area (Å²) in [5, 5.41) is 0. The van der Waals surface area contributed by atoms with E-state index in [0.29, 0.717) is 0 Å². The molecule has 0 nitrogen and oxygen atoms in total. The Morgan fingerprint density at radius 1 is 0.516 bits per heavy atom. The molecule has 3 aliphatic carbocycles. The molecular formula is C30H20Se. The normalized spacial score (nSPS) is 24.6. The van der Waals surface area contributed by atoms with Gasteiger partial charge in [-0.15, -0.1) is 0 Å². The van der Waals surface area contributed by atoms with E-state index < -0.39 is 0 Å². The van der Waals surface area contributed by atoms with Crippen LogP contribution in [0.5, 0.6) is 0 Å². The summed E-state index contributed by atoms with van der Waals surface area (Å²) in [5.41, 5.74) is 9.86. The van der Waals surface area contributed by atoms with E-state index in [0.717, 1.165) is 0 Å². The molecule has 0 atom stereocenters. The van der Waals surface area contributed by atoms with Gasteiger partial charge < -0.3 is 0 Å². The minimum atomic E-state index is -0.232. The first-order chi connectivity index (χ1) is 15.3. The van der Waals surface area contributed by atoms with Crippen molar-refractivity contribution in [2.24, 2.45) is 0 Å². The second kappa shape index (κ2) is 6.20. The fraction of sp³-hybridized carbons (Fsp3) is 0.0667. The van der Waals surface area contributed by atoms with Crippen molar-refractivity contribution in [2.45, 2.75) is 9.73 Å². The van der Waals surface area contributed by atoms with E-state index in [4.69, 9.17) is 0 Å². The molecule has 8 rings (SSSR count). The van der Waals surface area contributed by atoms with E-state index in [1.54, 1.807) is 0 Å². The summed E-state index contributed by atoms with van der Waals surface area (Å²) >= 11 is 0.273. The summed E-state index contributed by atoms with van der Waals surface area (Å²) in [6.45, 7) is 0. The molecule has 1 spiro atoms. The van der Waals surface area contributed by atoms with Crippen LogP contribution in [0.3, 0.4) is 0 Å². The van der Waals surface area contributed by atoms with Gasteiger partial charge in [-0.1, -0.05) is 0 Å². The van der Waals surface area contributed by atoms with Gasteiger partial charge in [-0.25, -0.2) is 0 Å². The van der Waals surface area contributed by atoms with Gasteiger partial charge in [0.2, 0.25) is 0 Å². The van der Waals surface area contributed by atoms with Gasteiger partial charge in [0, 0.05) is 0 Å². The van der Waals surface area contributed by atoms with Gasteiger partial charge in [-0.05, 0) is 0 Å². The zero-order valence-corrected chi connectivity index (χ0v) is 18.7. The fourth-order valence-corrected chi connectivity index (χ4v) is 9.17. The SMILES string of the molecule is C1=C(c2ccccc2)[Se]C23C1=CC(c1ccccc1)(c1ccccc12)c1ccccc13. The van der Waals surface area contributed by atoms with Crippen LogP contribution in [0.4, 0.5) is 0 Å². The van der Waals surface area contributed by atoms with E-state index in [1.165, 1.54) is 43.4 Å². The molecule has 0 saturated heterocycles. The number of hydrogen-bond donors (Lipinski definition) is 0. The molecule has 4 aliphatic rings. The Labute approximate surface area is 189 Å². The molecule has 0 unspecified atom stereocenters. The summed E-state index contributed by atoms with van der Waals surface area (Å²) < 4.78 is 1.47. The fourth-order valence-electron chi connectivity index (χ4n) is 5.85. The Morgan fingerprint density at radius 2 is 1.03 bits per heavy atom. The van der Waals surface area contributed by atoms with Gasteiger partial charge in [-0.3, -0.25) is 0 Å². The van der Waals surface area contributed by atoms with E-state index in [9.17, 15) is 0 Å². The van der Waals surface area contributed by atoms with E-state index in [1.807, 2.05) is 0 Å². The third-order valence-corrected chi connectivity index (χ3v) is 10.3. The van der Waals surface area contributed by atoms with Crippen LogP contribution in [0.1, 0.15) is 33.4 Å². The Kier molecular flexibility index (Phi) is 3.51. The predicted octanol–water partition coefficient (Wildman–Crippen LogP) is 6.28. The molecule has 0 fully saturated rings. The number of rotatable bonds is 2. The first kappa shape index (κ1) is 17.5. The van der Waals surface area contributed by atoms with E-state index in [2.05, 4.69) is 121 Å². The van der Waals surface area contributed by atoms with Crippen LogP contribution >= 0.6 is 0 Å². The summed E-state index contributed by atoms with van der Waals surface area (Å²) in [6, 6.07) is 40.4. The van der Waals surface area contributed by atoms with Crippen LogP contribution in [0.25, 0.3) is 4.47 Å². The zero-order valence-electron chi connectivity index (χ0n) is 17.0. The average molecular weight is 459 g/mol. The molecule has 0 amide bonds. The first-order valence-electron chi connectivity index (χ1n) is 10.8. The Bertz CT molecular complexity index is 1350. The Hall–Kier alpha value is -3.12. The van der Waals surface area contributed by atoms with Gasteiger partial charge in [0.1, 0.15) is 0 Å². The van der Waals surface area contributed by atoms with Crippen molar-refractivity contribution >= 4 is 19.4 Å². The summed E-state index contributed by atoms with van der Waals surface area (Å²) in [6.07, 6.45) is 5.09. The Balaban J connectivity index is 1.61. The Morgan fingerprint density at radius 3 is 1.65 bits per heavy atom. The molecule has 146 valence electrons. The molecule has 4 aromatic rings. The van der Waals surface area contributed by atoms with Crippen molar-refractivity contribution in [1.29, 1.82) is 0 Å². The van der Waals surface area contributed by atoms with Crippen molar-refractivity contribution in [3.05, 3.63) is 160 Å². The van der Waals surface area contributed by atoms with Crippen molar-refractivity contribution < 1.29 is 0 Å². The molecule has 0 radical (unpaired) electrons. The standard InChI is InChI=1S/C30H20Se/c1-3-11-21(12-4-1)28-19-23-20-29(22-13-5-2-6-14-22)24-15-7-9-17-26(24)30(23,31-28)27-18-10-8-16-25(27)29/h1-20H. The second-order valence-electron chi connectivity index (χ2n) is 8.52. The molecule has 1 heteroatoms. The van der Waals surface area contributed by atoms with Gasteiger partial charge in [0.25, 0.3) is 0 Å². The van der Waals surface area contributed by atoms with Gasteiger partial charge >= 0.3 is 189 Å². The number of hydrogen-bond acceptors (Lipinski definition) is 0. The predicted molar refractivity (Wildman–Crippen MR) is 128 cm³/mol. The van der Waals surface area contributed by atoms with Crippen LogP contribution in [0, 0.1) is 0 Å². The van der Waals surface area contributed by atoms with Crippen molar-refractivity contribution in [2.75, 3.05) is 0 Å². The quantitative estimate of drug-likeness (QED) is 0.310. The molecule has 31 heavy (non-hydrogen) atoms. The minimum absolute atomic E-state index is 0.0259.